The number of halogens is 1. The molecule has 142 valence electrons. The molecule has 6 rings (SSSR count). The maximum Gasteiger partial charge on any atom is 0.0412 e. The Labute approximate surface area is 176 Å². The third-order valence-corrected chi connectivity index (χ3v) is 6.13. The van der Waals surface area contributed by atoms with E-state index < -0.39 is 0 Å². The Bertz CT molecular complexity index is 1200. The van der Waals surface area contributed by atoms with E-state index >= 15 is 0 Å². The standard InChI is InChI=1S/C18H15Cl.C9H7N/c19-14-8-5-13-7-9-16-15-4-2-1-3-12(15)6-10-17(16)18(13)11-14;1-2-4-9-7-10-6-5-8(9)3-1/h2,4-5,7-9,11H,1,3,6,10H2;1-7H. The van der Waals surface area contributed by atoms with E-state index in [0.29, 0.717) is 0 Å². The number of aromatic nitrogens is 1. The van der Waals surface area contributed by atoms with Crippen LogP contribution in [-0.4, -0.2) is 4.98 Å². The van der Waals surface area contributed by atoms with Gasteiger partial charge in [0.25, 0.3) is 0 Å². The van der Waals surface area contributed by atoms with Crippen LogP contribution in [0.5, 0.6) is 0 Å². The van der Waals surface area contributed by atoms with Gasteiger partial charge in [0.15, 0.2) is 0 Å². The van der Waals surface area contributed by atoms with Gasteiger partial charge in [-0.2, -0.15) is 0 Å². The van der Waals surface area contributed by atoms with Crippen molar-refractivity contribution in [1.29, 1.82) is 0 Å². The highest BCUT2D eigenvalue weighted by Gasteiger charge is 2.20. The molecule has 3 aromatic carbocycles. The molecule has 0 radical (unpaired) electrons. The Kier molecular flexibility index (Phi) is 4.91. The smallest absolute Gasteiger partial charge is 0.0412 e. The van der Waals surface area contributed by atoms with E-state index in [1.54, 1.807) is 5.57 Å². The van der Waals surface area contributed by atoms with Crippen molar-refractivity contribution in [2.24, 2.45) is 0 Å². The van der Waals surface area contributed by atoms with Gasteiger partial charge in [0.2, 0.25) is 0 Å². The molecule has 0 spiro atoms. The van der Waals surface area contributed by atoms with Crippen molar-refractivity contribution in [3.05, 3.63) is 107 Å². The molecule has 2 aliphatic carbocycles. The van der Waals surface area contributed by atoms with E-state index in [1.807, 2.05) is 36.7 Å². The average Bonchev–Trinajstić information content (AvgIpc) is 2.79. The van der Waals surface area contributed by atoms with Crippen LogP contribution in [0.4, 0.5) is 0 Å². The molecule has 0 unspecified atom stereocenters. The SMILES string of the molecule is Clc1ccc2ccc3c(c2c1)CCC1=C3C=CCC1.c1ccc2cnccc2c1. The predicted molar refractivity (Wildman–Crippen MR) is 124 cm³/mol. The molecule has 0 atom stereocenters. The van der Waals surface area contributed by atoms with Crippen molar-refractivity contribution >= 4 is 38.7 Å². The molecule has 2 aliphatic rings. The second kappa shape index (κ2) is 7.85. The molecule has 4 aromatic rings. The zero-order valence-corrected chi connectivity index (χ0v) is 17.0. The van der Waals surface area contributed by atoms with Crippen molar-refractivity contribution in [2.45, 2.75) is 25.7 Å². The van der Waals surface area contributed by atoms with Gasteiger partial charge in [-0.1, -0.05) is 71.8 Å². The molecule has 0 amide bonds. The molecule has 0 bridgehead atoms. The summed E-state index contributed by atoms with van der Waals surface area (Å²) in [7, 11) is 0. The first-order valence-corrected chi connectivity index (χ1v) is 10.6. The maximum atomic E-state index is 6.17. The minimum absolute atomic E-state index is 0.833. The predicted octanol–water partition coefficient (Wildman–Crippen LogP) is 7.78. The highest BCUT2D eigenvalue weighted by atomic mass is 35.5. The van der Waals surface area contributed by atoms with Gasteiger partial charge in [-0.15, -0.1) is 0 Å². The Morgan fingerprint density at radius 1 is 0.793 bits per heavy atom. The van der Waals surface area contributed by atoms with E-state index in [-0.39, 0.29) is 0 Å². The number of allylic oxidation sites excluding steroid dienone is 4. The Morgan fingerprint density at radius 3 is 2.55 bits per heavy atom. The van der Waals surface area contributed by atoms with E-state index in [4.69, 9.17) is 11.6 Å². The van der Waals surface area contributed by atoms with Crippen LogP contribution in [0.15, 0.2) is 90.8 Å². The molecule has 0 N–H and O–H groups in total. The lowest BCUT2D eigenvalue weighted by atomic mass is 9.79. The first-order valence-electron chi connectivity index (χ1n) is 10.2. The third-order valence-electron chi connectivity index (χ3n) is 5.89. The summed E-state index contributed by atoms with van der Waals surface area (Å²) in [6.07, 6.45) is 13.1. The zero-order valence-electron chi connectivity index (χ0n) is 16.2. The molecule has 2 heteroatoms. The summed E-state index contributed by atoms with van der Waals surface area (Å²) in [5.74, 6) is 0. The quantitative estimate of drug-likeness (QED) is 0.296. The fraction of sp³-hybridized carbons (Fsp3) is 0.148. The molecule has 29 heavy (non-hydrogen) atoms. The number of rotatable bonds is 0. The third kappa shape index (κ3) is 3.59. The molecule has 0 fully saturated rings. The van der Waals surface area contributed by atoms with Gasteiger partial charge in [-0.25, -0.2) is 0 Å². The van der Waals surface area contributed by atoms with Crippen LogP contribution >= 0.6 is 11.6 Å². The van der Waals surface area contributed by atoms with Gasteiger partial charge in [0.05, 0.1) is 0 Å². The van der Waals surface area contributed by atoms with Crippen molar-refractivity contribution < 1.29 is 0 Å². The summed E-state index contributed by atoms with van der Waals surface area (Å²) in [4.78, 5) is 4.01. The summed E-state index contributed by atoms with van der Waals surface area (Å²) in [5, 5.41) is 5.91. The van der Waals surface area contributed by atoms with Gasteiger partial charge in [0, 0.05) is 17.4 Å². The summed E-state index contributed by atoms with van der Waals surface area (Å²) in [5.41, 5.74) is 6.00. The van der Waals surface area contributed by atoms with E-state index in [9.17, 15) is 0 Å². The van der Waals surface area contributed by atoms with Crippen LogP contribution in [0, 0.1) is 0 Å². The van der Waals surface area contributed by atoms with Gasteiger partial charge in [0.1, 0.15) is 0 Å². The number of hydrogen-bond acceptors (Lipinski definition) is 1. The Hall–Kier alpha value is -2.90. The minimum Gasteiger partial charge on any atom is -0.264 e. The van der Waals surface area contributed by atoms with Gasteiger partial charge in [-0.3, -0.25) is 4.98 Å². The normalized spacial score (nSPS) is 14.9. The van der Waals surface area contributed by atoms with Crippen LogP contribution in [-0.2, 0) is 6.42 Å². The minimum atomic E-state index is 0.833. The monoisotopic (exact) mass is 395 g/mol. The van der Waals surface area contributed by atoms with E-state index in [2.05, 4.69) is 53.5 Å². The molecular weight excluding hydrogens is 374 g/mol. The summed E-state index contributed by atoms with van der Waals surface area (Å²) in [6, 6.07) is 20.9. The molecule has 0 saturated heterocycles. The van der Waals surface area contributed by atoms with Gasteiger partial charge >= 0.3 is 0 Å². The first kappa shape index (κ1) is 18.1. The number of hydrogen-bond donors (Lipinski definition) is 0. The maximum absolute atomic E-state index is 6.17. The number of nitrogens with zero attached hydrogens (tertiary/aromatic N) is 1. The molecule has 0 saturated carbocycles. The molecule has 1 aromatic heterocycles. The van der Waals surface area contributed by atoms with Crippen molar-refractivity contribution in [2.75, 3.05) is 0 Å². The van der Waals surface area contributed by atoms with Crippen molar-refractivity contribution in [3.63, 3.8) is 0 Å². The lowest BCUT2D eigenvalue weighted by Crippen LogP contribution is -2.06. The fourth-order valence-corrected chi connectivity index (χ4v) is 4.60. The lowest BCUT2D eigenvalue weighted by molar-refractivity contribution is 0.831. The first-order chi connectivity index (χ1) is 14.3. The average molecular weight is 396 g/mol. The summed E-state index contributed by atoms with van der Waals surface area (Å²) >= 11 is 6.17. The highest BCUT2D eigenvalue weighted by Crippen LogP contribution is 2.40. The van der Waals surface area contributed by atoms with Gasteiger partial charge in [-0.05, 0) is 82.1 Å². The molecule has 1 heterocycles. The largest absolute Gasteiger partial charge is 0.264 e. The van der Waals surface area contributed by atoms with Crippen molar-refractivity contribution in [1.82, 2.24) is 4.98 Å². The number of benzene rings is 3. The van der Waals surface area contributed by atoms with Crippen molar-refractivity contribution in [3.8, 4) is 0 Å². The van der Waals surface area contributed by atoms with E-state index in [1.165, 1.54) is 57.5 Å². The number of pyridine rings is 1. The number of aryl methyl sites for hydroxylation is 1. The second-order valence-corrected chi connectivity index (χ2v) is 8.07. The van der Waals surface area contributed by atoms with Crippen LogP contribution in [0.1, 0.15) is 30.4 Å². The number of fused-ring (bicyclic) bond motifs is 5. The molecular formula is C27H22ClN. The zero-order chi connectivity index (χ0) is 19.6. The summed E-state index contributed by atoms with van der Waals surface area (Å²) in [6.45, 7) is 0. The fourth-order valence-electron chi connectivity index (χ4n) is 4.43. The van der Waals surface area contributed by atoms with Crippen LogP contribution in [0.25, 0.3) is 27.1 Å². The Balaban J connectivity index is 0.000000153. The lowest BCUT2D eigenvalue weighted by Gasteiger charge is -2.25. The van der Waals surface area contributed by atoms with Crippen LogP contribution < -0.4 is 0 Å². The summed E-state index contributed by atoms with van der Waals surface area (Å²) < 4.78 is 0. The van der Waals surface area contributed by atoms with Crippen LogP contribution in [0.2, 0.25) is 5.02 Å². The molecule has 1 nitrogen and oxygen atoms in total. The Morgan fingerprint density at radius 2 is 1.66 bits per heavy atom. The van der Waals surface area contributed by atoms with Gasteiger partial charge < -0.3 is 0 Å². The molecule has 0 aliphatic heterocycles. The van der Waals surface area contributed by atoms with Crippen LogP contribution in [0.3, 0.4) is 0 Å². The highest BCUT2D eigenvalue weighted by molar-refractivity contribution is 6.31. The topological polar surface area (TPSA) is 12.9 Å². The van der Waals surface area contributed by atoms with E-state index in [0.717, 1.165) is 11.4 Å². The second-order valence-electron chi connectivity index (χ2n) is 7.64.